The molecule has 0 unspecified atom stereocenters. The van der Waals surface area contributed by atoms with Gasteiger partial charge in [-0.3, -0.25) is 4.79 Å². The van der Waals surface area contributed by atoms with Crippen LogP contribution in [0.4, 0.5) is 0 Å². The average Bonchev–Trinajstić information content (AvgIpc) is 2.64. The highest BCUT2D eigenvalue weighted by molar-refractivity contribution is 5.78. The molecule has 0 spiro atoms. The van der Waals surface area contributed by atoms with Crippen molar-refractivity contribution in [2.45, 2.75) is 6.42 Å². The van der Waals surface area contributed by atoms with E-state index in [1.54, 1.807) is 24.1 Å². The van der Waals surface area contributed by atoms with Gasteiger partial charge < -0.3 is 4.90 Å². The quantitative estimate of drug-likeness (QED) is 0.632. The first-order valence-electron chi connectivity index (χ1n) is 4.89. The highest BCUT2D eigenvalue weighted by Gasteiger charge is 2.14. The second kappa shape index (κ2) is 5.79. The third kappa shape index (κ3) is 3.01. The van der Waals surface area contributed by atoms with E-state index in [-0.39, 0.29) is 12.3 Å². The van der Waals surface area contributed by atoms with Gasteiger partial charge in [-0.25, -0.2) is 4.68 Å². The molecule has 1 aromatic rings. The van der Waals surface area contributed by atoms with Gasteiger partial charge in [0.05, 0.1) is 6.42 Å². The van der Waals surface area contributed by atoms with Crippen LogP contribution in [0, 0.1) is 0 Å². The maximum atomic E-state index is 11.9. The summed E-state index contributed by atoms with van der Waals surface area (Å²) in [5.74, 6) is 0.501. The molecule has 86 valence electrons. The van der Waals surface area contributed by atoms with Crippen molar-refractivity contribution in [3.05, 3.63) is 31.1 Å². The monoisotopic (exact) mass is 221 g/mol. The Kier molecular flexibility index (Phi) is 4.38. The Labute approximate surface area is 94.2 Å². The van der Waals surface area contributed by atoms with Crippen LogP contribution < -0.4 is 0 Å². The van der Waals surface area contributed by atoms with E-state index >= 15 is 0 Å². The van der Waals surface area contributed by atoms with Crippen molar-refractivity contribution in [1.29, 1.82) is 0 Å². The highest BCUT2D eigenvalue weighted by atomic mass is 16.2. The molecular weight excluding hydrogens is 206 g/mol. The number of rotatable bonds is 6. The van der Waals surface area contributed by atoms with Crippen molar-refractivity contribution >= 4 is 5.91 Å². The van der Waals surface area contributed by atoms with Crippen LogP contribution in [-0.2, 0) is 18.3 Å². The summed E-state index contributed by atoms with van der Waals surface area (Å²) < 4.78 is 1.48. The number of tetrazole rings is 1. The minimum atomic E-state index is -0.0438. The van der Waals surface area contributed by atoms with Gasteiger partial charge in [-0.05, 0) is 10.4 Å². The van der Waals surface area contributed by atoms with E-state index in [1.807, 2.05) is 0 Å². The van der Waals surface area contributed by atoms with Gasteiger partial charge in [0.25, 0.3) is 0 Å². The molecule has 0 N–H and O–H groups in total. The Morgan fingerprint density at radius 3 is 2.50 bits per heavy atom. The molecule has 1 heterocycles. The van der Waals surface area contributed by atoms with Crippen molar-refractivity contribution in [2.24, 2.45) is 7.05 Å². The standard InChI is InChI=1S/C10H15N5O/c1-4-6-15(7-5-2)10(16)8-9-11-12-13-14(9)3/h4-5H,1-2,6-8H2,3H3. The number of carbonyl (C=O) groups excluding carboxylic acids is 1. The van der Waals surface area contributed by atoms with Gasteiger partial charge in [-0.15, -0.1) is 18.3 Å². The molecule has 0 fully saturated rings. The molecule has 0 atom stereocenters. The summed E-state index contributed by atoms with van der Waals surface area (Å²) in [7, 11) is 1.70. The molecule has 16 heavy (non-hydrogen) atoms. The van der Waals surface area contributed by atoms with E-state index in [1.165, 1.54) is 4.68 Å². The van der Waals surface area contributed by atoms with Crippen LogP contribution >= 0.6 is 0 Å². The lowest BCUT2D eigenvalue weighted by molar-refractivity contribution is -0.129. The van der Waals surface area contributed by atoms with Gasteiger partial charge in [0.2, 0.25) is 5.91 Å². The van der Waals surface area contributed by atoms with Crippen LogP contribution in [0.15, 0.2) is 25.3 Å². The predicted molar refractivity (Wildman–Crippen MR) is 59.5 cm³/mol. The maximum Gasteiger partial charge on any atom is 0.230 e. The van der Waals surface area contributed by atoms with Gasteiger partial charge >= 0.3 is 0 Å². The predicted octanol–water partition coefficient (Wildman–Crippen LogP) is -0.0468. The molecule has 0 aliphatic rings. The average molecular weight is 221 g/mol. The molecule has 1 amide bonds. The first kappa shape index (κ1) is 12.1. The Morgan fingerprint density at radius 2 is 2.06 bits per heavy atom. The molecule has 0 bridgehead atoms. The molecule has 1 rings (SSSR count). The molecule has 6 nitrogen and oxygen atoms in total. The Morgan fingerprint density at radius 1 is 1.44 bits per heavy atom. The number of carbonyl (C=O) groups is 1. The largest absolute Gasteiger partial charge is 0.335 e. The van der Waals surface area contributed by atoms with Crippen LogP contribution in [0.5, 0.6) is 0 Å². The van der Waals surface area contributed by atoms with Crippen LogP contribution in [0.2, 0.25) is 0 Å². The fourth-order valence-electron chi connectivity index (χ4n) is 1.23. The highest BCUT2D eigenvalue weighted by Crippen LogP contribution is 1.98. The van der Waals surface area contributed by atoms with E-state index in [9.17, 15) is 4.79 Å². The van der Waals surface area contributed by atoms with Crippen LogP contribution in [0.25, 0.3) is 0 Å². The fourth-order valence-corrected chi connectivity index (χ4v) is 1.23. The van der Waals surface area contributed by atoms with Gasteiger partial charge in [-0.2, -0.15) is 0 Å². The molecule has 0 saturated carbocycles. The number of amides is 1. The smallest absolute Gasteiger partial charge is 0.230 e. The summed E-state index contributed by atoms with van der Waals surface area (Å²) >= 11 is 0. The fraction of sp³-hybridized carbons (Fsp3) is 0.400. The summed E-state index contributed by atoms with van der Waals surface area (Å²) in [6, 6.07) is 0. The van der Waals surface area contributed by atoms with Gasteiger partial charge in [-0.1, -0.05) is 12.2 Å². The normalized spacial score (nSPS) is 9.81. The third-order valence-electron chi connectivity index (χ3n) is 2.07. The number of nitrogens with zero attached hydrogens (tertiary/aromatic N) is 5. The van der Waals surface area contributed by atoms with Crippen molar-refractivity contribution in [3.63, 3.8) is 0 Å². The summed E-state index contributed by atoms with van der Waals surface area (Å²) in [6.07, 6.45) is 3.54. The SMILES string of the molecule is C=CCN(CC=C)C(=O)Cc1nnnn1C. The maximum absolute atomic E-state index is 11.9. The lowest BCUT2D eigenvalue weighted by Gasteiger charge is -2.18. The topological polar surface area (TPSA) is 63.9 Å². The zero-order chi connectivity index (χ0) is 12.0. The van der Waals surface area contributed by atoms with E-state index < -0.39 is 0 Å². The zero-order valence-electron chi connectivity index (χ0n) is 9.33. The Bertz CT molecular complexity index is 374. The Balaban J connectivity index is 2.65. The molecule has 0 aromatic carbocycles. The number of hydrogen-bond acceptors (Lipinski definition) is 4. The molecular formula is C10H15N5O. The van der Waals surface area contributed by atoms with Crippen LogP contribution in [0.1, 0.15) is 5.82 Å². The van der Waals surface area contributed by atoms with Gasteiger partial charge in [0, 0.05) is 20.1 Å². The molecule has 0 aliphatic heterocycles. The summed E-state index contributed by atoms with van der Waals surface area (Å²) in [4.78, 5) is 13.5. The lowest BCUT2D eigenvalue weighted by atomic mass is 10.3. The first-order valence-corrected chi connectivity index (χ1v) is 4.89. The van der Waals surface area contributed by atoms with Crippen molar-refractivity contribution in [3.8, 4) is 0 Å². The van der Waals surface area contributed by atoms with E-state index in [2.05, 4.69) is 28.7 Å². The number of aryl methyl sites for hydroxylation is 1. The summed E-state index contributed by atoms with van der Waals surface area (Å²) in [6.45, 7) is 8.20. The minimum absolute atomic E-state index is 0.0438. The zero-order valence-corrected chi connectivity index (χ0v) is 9.33. The van der Waals surface area contributed by atoms with Crippen molar-refractivity contribution in [1.82, 2.24) is 25.1 Å². The summed E-state index contributed by atoms with van der Waals surface area (Å²) in [5.41, 5.74) is 0. The molecule has 6 heteroatoms. The van der Waals surface area contributed by atoms with E-state index in [0.29, 0.717) is 18.9 Å². The molecule has 0 radical (unpaired) electrons. The van der Waals surface area contributed by atoms with E-state index in [0.717, 1.165) is 0 Å². The minimum Gasteiger partial charge on any atom is -0.335 e. The molecule has 0 aliphatic carbocycles. The van der Waals surface area contributed by atoms with Crippen molar-refractivity contribution < 1.29 is 4.79 Å². The van der Waals surface area contributed by atoms with Gasteiger partial charge in [0.15, 0.2) is 5.82 Å². The van der Waals surface area contributed by atoms with Crippen LogP contribution in [-0.4, -0.2) is 44.1 Å². The number of hydrogen-bond donors (Lipinski definition) is 0. The molecule has 0 saturated heterocycles. The third-order valence-corrected chi connectivity index (χ3v) is 2.07. The molecule has 1 aromatic heterocycles. The summed E-state index contributed by atoms with van der Waals surface area (Å²) in [5, 5.41) is 10.9. The first-order chi connectivity index (χ1) is 7.69. The van der Waals surface area contributed by atoms with E-state index in [4.69, 9.17) is 0 Å². The van der Waals surface area contributed by atoms with Crippen molar-refractivity contribution in [2.75, 3.05) is 13.1 Å². The second-order valence-corrected chi connectivity index (χ2v) is 3.27. The van der Waals surface area contributed by atoms with Gasteiger partial charge in [0.1, 0.15) is 0 Å². The Hall–Kier alpha value is -1.98. The second-order valence-electron chi connectivity index (χ2n) is 3.27. The number of aromatic nitrogens is 4. The van der Waals surface area contributed by atoms with Crippen LogP contribution in [0.3, 0.4) is 0 Å². The lowest BCUT2D eigenvalue weighted by Crippen LogP contribution is -2.33.